The third-order valence-corrected chi connectivity index (χ3v) is 6.64. The Morgan fingerprint density at radius 1 is 1.04 bits per heavy atom. The smallest absolute Gasteiger partial charge is 0.142 e. The number of nitrogen functional groups attached to an aromatic ring is 1. The fourth-order valence-electron chi connectivity index (χ4n) is 3.65. The molecule has 2 N–H and O–H groups in total. The lowest BCUT2D eigenvalue weighted by Crippen LogP contribution is -2.08. The Morgan fingerprint density at radius 2 is 1.68 bits per heavy atom. The number of aromatic nitrogens is 1. The predicted molar refractivity (Wildman–Crippen MR) is 109 cm³/mol. The SMILES string of the molecule is N#Cc1c(N)nc2c(c1-c1cc(Br)cs1)CCCCCCCCCC2. The summed E-state index contributed by atoms with van der Waals surface area (Å²) in [5, 5.41) is 11.8. The van der Waals surface area contributed by atoms with Gasteiger partial charge in [-0.15, -0.1) is 11.3 Å². The molecule has 0 aromatic carbocycles. The Kier molecular flexibility index (Phi) is 6.50. The number of hydrogen-bond donors (Lipinski definition) is 1. The summed E-state index contributed by atoms with van der Waals surface area (Å²) in [4.78, 5) is 5.77. The summed E-state index contributed by atoms with van der Waals surface area (Å²) < 4.78 is 1.05. The van der Waals surface area contributed by atoms with Crippen LogP contribution >= 0.6 is 27.3 Å². The maximum Gasteiger partial charge on any atom is 0.142 e. The minimum absolute atomic E-state index is 0.382. The van der Waals surface area contributed by atoms with E-state index in [-0.39, 0.29) is 0 Å². The van der Waals surface area contributed by atoms with Crippen molar-refractivity contribution in [3.63, 3.8) is 0 Å². The summed E-state index contributed by atoms with van der Waals surface area (Å²) in [6.07, 6.45) is 12.1. The van der Waals surface area contributed by atoms with Crippen LogP contribution in [0.15, 0.2) is 15.9 Å². The molecule has 2 aromatic rings. The maximum absolute atomic E-state index is 9.70. The molecule has 0 unspecified atom stereocenters. The van der Waals surface area contributed by atoms with E-state index in [1.807, 2.05) is 0 Å². The average molecular weight is 418 g/mol. The van der Waals surface area contributed by atoms with E-state index >= 15 is 0 Å². The Morgan fingerprint density at radius 3 is 2.28 bits per heavy atom. The summed E-state index contributed by atoms with van der Waals surface area (Å²) in [5.41, 5.74) is 10.1. The van der Waals surface area contributed by atoms with Crippen LogP contribution < -0.4 is 5.73 Å². The second-order valence-electron chi connectivity index (χ2n) is 6.74. The molecule has 0 radical (unpaired) electrons. The normalized spacial score (nSPS) is 16.3. The zero-order valence-electron chi connectivity index (χ0n) is 14.5. The largest absolute Gasteiger partial charge is 0.383 e. The molecular weight excluding hydrogens is 394 g/mol. The number of pyridine rings is 1. The Hall–Kier alpha value is -1.38. The number of rotatable bonds is 1. The summed E-state index contributed by atoms with van der Waals surface area (Å²) >= 11 is 5.20. The van der Waals surface area contributed by atoms with E-state index in [1.165, 1.54) is 44.1 Å². The Labute approximate surface area is 162 Å². The molecule has 0 saturated carbocycles. The lowest BCUT2D eigenvalue weighted by molar-refractivity contribution is 0.557. The zero-order valence-corrected chi connectivity index (χ0v) is 16.9. The second kappa shape index (κ2) is 8.82. The van der Waals surface area contributed by atoms with Crippen LogP contribution in [0.5, 0.6) is 0 Å². The molecule has 0 fully saturated rings. The van der Waals surface area contributed by atoms with Crippen molar-refractivity contribution in [2.75, 3.05) is 5.73 Å². The molecule has 0 atom stereocenters. The van der Waals surface area contributed by atoms with Crippen LogP contribution in [-0.2, 0) is 12.8 Å². The first-order valence-corrected chi connectivity index (χ1v) is 10.8. The third-order valence-electron chi connectivity index (χ3n) is 4.93. The van der Waals surface area contributed by atoms with Gasteiger partial charge in [-0.05, 0) is 53.2 Å². The second-order valence-corrected chi connectivity index (χ2v) is 8.57. The number of thiophene rings is 1. The van der Waals surface area contributed by atoms with E-state index in [1.54, 1.807) is 11.3 Å². The molecule has 0 bridgehead atoms. The number of hydrogen-bond acceptors (Lipinski definition) is 4. The molecule has 2 heterocycles. The van der Waals surface area contributed by atoms with Crippen molar-refractivity contribution in [1.29, 1.82) is 5.26 Å². The van der Waals surface area contributed by atoms with Crippen molar-refractivity contribution in [2.45, 2.75) is 64.2 Å². The monoisotopic (exact) mass is 417 g/mol. The Balaban J connectivity index is 2.09. The van der Waals surface area contributed by atoms with E-state index in [4.69, 9.17) is 5.73 Å². The van der Waals surface area contributed by atoms with Crippen LogP contribution in [0.4, 0.5) is 5.82 Å². The van der Waals surface area contributed by atoms with Crippen molar-refractivity contribution in [3.8, 4) is 16.5 Å². The van der Waals surface area contributed by atoms with Gasteiger partial charge in [0.25, 0.3) is 0 Å². The first-order valence-electron chi connectivity index (χ1n) is 9.16. The summed E-state index contributed by atoms with van der Waals surface area (Å²) in [6, 6.07) is 4.41. The van der Waals surface area contributed by atoms with E-state index in [0.717, 1.165) is 46.3 Å². The van der Waals surface area contributed by atoms with E-state index in [2.05, 4.69) is 38.4 Å². The number of aryl methyl sites for hydroxylation is 1. The van der Waals surface area contributed by atoms with Gasteiger partial charge in [-0.2, -0.15) is 5.26 Å². The average Bonchev–Trinajstić information content (AvgIpc) is 3.01. The molecule has 1 aliphatic rings. The number of fused-ring (bicyclic) bond motifs is 1. The first kappa shape index (κ1) is 18.4. The van der Waals surface area contributed by atoms with Gasteiger partial charge in [0.15, 0.2) is 0 Å². The van der Waals surface area contributed by atoms with Crippen molar-refractivity contribution in [2.24, 2.45) is 0 Å². The molecule has 132 valence electrons. The van der Waals surface area contributed by atoms with Gasteiger partial charge in [0.2, 0.25) is 0 Å². The number of nitriles is 1. The minimum Gasteiger partial charge on any atom is -0.383 e. The van der Waals surface area contributed by atoms with Gasteiger partial charge in [0.05, 0.1) is 0 Å². The highest BCUT2D eigenvalue weighted by atomic mass is 79.9. The van der Waals surface area contributed by atoms with Crippen molar-refractivity contribution in [3.05, 3.63) is 32.7 Å². The molecule has 1 aliphatic carbocycles. The third kappa shape index (κ3) is 4.43. The fourth-order valence-corrected chi connectivity index (χ4v) is 5.16. The fraction of sp³-hybridized carbons (Fsp3) is 0.500. The topological polar surface area (TPSA) is 62.7 Å². The van der Waals surface area contributed by atoms with Gasteiger partial charge in [-0.3, -0.25) is 0 Å². The van der Waals surface area contributed by atoms with E-state index in [9.17, 15) is 5.26 Å². The van der Waals surface area contributed by atoms with E-state index < -0.39 is 0 Å². The van der Waals surface area contributed by atoms with Gasteiger partial charge in [0, 0.05) is 26.0 Å². The highest BCUT2D eigenvalue weighted by molar-refractivity contribution is 9.10. The summed E-state index contributed by atoms with van der Waals surface area (Å²) in [7, 11) is 0. The number of anilines is 1. The minimum atomic E-state index is 0.382. The van der Waals surface area contributed by atoms with E-state index in [0.29, 0.717) is 11.4 Å². The summed E-state index contributed by atoms with van der Waals surface area (Å²) in [5.74, 6) is 0.382. The van der Waals surface area contributed by atoms with Crippen LogP contribution in [-0.4, -0.2) is 4.98 Å². The maximum atomic E-state index is 9.70. The van der Waals surface area contributed by atoms with Gasteiger partial charge < -0.3 is 5.73 Å². The zero-order chi connectivity index (χ0) is 17.6. The summed E-state index contributed by atoms with van der Waals surface area (Å²) in [6.45, 7) is 0. The highest BCUT2D eigenvalue weighted by Gasteiger charge is 2.21. The van der Waals surface area contributed by atoms with Gasteiger partial charge >= 0.3 is 0 Å². The molecule has 0 saturated heterocycles. The van der Waals surface area contributed by atoms with Gasteiger partial charge in [-0.25, -0.2) is 4.98 Å². The van der Waals surface area contributed by atoms with Crippen LogP contribution in [0.1, 0.15) is 68.2 Å². The Bertz CT molecular complexity index is 776. The van der Waals surface area contributed by atoms with Crippen LogP contribution in [0.2, 0.25) is 0 Å². The predicted octanol–water partition coefficient (Wildman–Crippen LogP) is 6.25. The number of nitrogens with zero attached hydrogens (tertiary/aromatic N) is 2. The van der Waals surface area contributed by atoms with Crippen LogP contribution in [0.3, 0.4) is 0 Å². The number of halogens is 1. The lowest BCUT2D eigenvalue weighted by atomic mass is 9.92. The lowest BCUT2D eigenvalue weighted by Gasteiger charge is -2.17. The van der Waals surface area contributed by atoms with Crippen LogP contribution in [0, 0.1) is 11.3 Å². The standard InChI is InChI=1S/C20H24BrN3S/c21-14-11-18(25-13-14)19-15-9-7-5-3-1-2-4-6-8-10-17(15)24-20(23)16(19)12-22/h11,13H,1-10H2,(H2,23,24). The molecule has 3 rings (SSSR count). The highest BCUT2D eigenvalue weighted by Crippen LogP contribution is 2.38. The van der Waals surface area contributed by atoms with Crippen molar-refractivity contribution in [1.82, 2.24) is 4.98 Å². The molecular formula is C20H24BrN3S. The van der Waals surface area contributed by atoms with Crippen LogP contribution in [0.25, 0.3) is 10.4 Å². The van der Waals surface area contributed by atoms with Crippen molar-refractivity contribution < 1.29 is 0 Å². The molecule has 5 heteroatoms. The van der Waals surface area contributed by atoms with Gasteiger partial charge in [-0.1, -0.05) is 38.5 Å². The van der Waals surface area contributed by atoms with Crippen molar-refractivity contribution >= 4 is 33.1 Å². The molecule has 0 spiro atoms. The molecule has 2 aromatic heterocycles. The molecule has 0 amide bonds. The quantitative estimate of drug-likeness (QED) is 0.596. The molecule has 3 nitrogen and oxygen atoms in total. The molecule has 25 heavy (non-hydrogen) atoms. The van der Waals surface area contributed by atoms with Gasteiger partial charge in [0.1, 0.15) is 17.5 Å². The molecule has 0 aliphatic heterocycles. The number of nitrogens with two attached hydrogens (primary N) is 1. The first-order chi connectivity index (χ1) is 12.2.